The van der Waals surface area contributed by atoms with Gasteiger partial charge in [0.1, 0.15) is 0 Å². The Labute approximate surface area is 92.4 Å². The van der Waals surface area contributed by atoms with E-state index in [-0.39, 0.29) is 23.6 Å². The average molecular weight is 224 g/mol. The normalized spacial score (nSPS) is 9.62. The van der Waals surface area contributed by atoms with Crippen molar-refractivity contribution < 1.29 is 14.5 Å². The largest absolute Gasteiger partial charge is 0.487 e. The van der Waals surface area contributed by atoms with Gasteiger partial charge in [-0.25, -0.2) is 0 Å². The van der Waals surface area contributed by atoms with Crippen LogP contribution >= 0.6 is 0 Å². The van der Waals surface area contributed by atoms with Crippen molar-refractivity contribution in [2.75, 3.05) is 13.7 Å². The second-order valence-corrected chi connectivity index (χ2v) is 2.92. The lowest BCUT2D eigenvalue weighted by molar-refractivity contribution is -0.385. The van der Waals surface area contributed by atoms with Crippen molar-refractivity contribution >= 4 is 11.6 Å². The van der Waals surface area contributed by atoms with Crippen LogP contribution in [0.4, 0.5) is 5.69 Å². The molecule has 0 spiro atoms. The molecule has 0 heterocycles. The number of hydrogen-bond acceptors (Lipinski definition) is 4. The van der Waals surface area contributed by atoms with Crippen LogP contribution in [-0.4, -0.2) is 24.5 Å². The molecule has 1 amide bonds. The van der Waals surface area contributed by atoms with Gasteiger partial charge < -0.3 is 10.1 Å². The number of ether oxygens (including phenoxy) is 1. The van der Waals surface area contributed by atoms with Gasteiger partial charge in [-0.15, -0.1) is 0 Å². The van der Waals surface area contributed by atoms with Gasteiger partial charge in [-0.2, -0.15) is 0 Å². The third kappa shape index (κ3) is 2.28. The molecule has 0 saturated carbocycles. The van der Waals surface area contributed by atoms with Crippen LogP contribution in [0, 0.1) is 10.1 Å². The van der Waals surface area contributed by atoms with Crippen LogP contribution in [0.25, 0.3) is 0 Å². The average Bonchev–Trinajstić information content (AvgIpc) is 2.28. The Bertz CT molecular complexity index is 417. The molecule has 0 aliphatic rings. The predicted molar refractivity (Wildman–Crippen MR) is 57.7 cm³/mol. The standard InChI is InChI=1S/C10H12N2O4/c1-3-16-9-7(10(13)11-2)5-4-6-8(9)12(14)15/h4-6H,3H2,1-2H3,(H,11,13). The molecule has 0 unspecified atom stereocenters. The zero-order valence-corrected chi connectivity index (χ0v) is 9.02. The molecule has 6 nitrogen and oxygen atoms in total. The van der Waals surface area contributed by atoms with Gasteiger partial charge >= 0.3 is 5.69 Å². The molecular weight excluding hydrogens is 212 g/mol. The maximum atomic E-state index is 11.5. The van der Waals surface area contributed by atoms with Crippen LogP contribution in [0.3, 0.4) is 0 Å². The van der Waals surface area contributed by atoms with Gasteiger partial charge in [0.05, 0.1) is 17.1 Å². The highest BCUT2D eigenvalue weighted by Gasteiger charge is 2.22. The monoisotopic (exact) mass is 224 g/mol. The summed E-state index contributed by atoms with van der Waals surface area (Å²) in [6.07, 6.45) is 0. The summed E-state index contributed by atoms with van der Waals surface area (Å²) < 4.78 is 5.15. The van der Waals surface area contributed by atoms with Crippen LogP contribution in [0.1, 0.15) is 17.3 Å². The quantitative estimate of drug-likeness (QED) is 0.618. The molecule has 16 heavy (non-hydrogen) atoms. The molecule has 1 aromatic carbocycles. The molecule has 0 aliphatic carbocycles. The first kappa shape index (κ1) is 12.0. The molecule has 86 valence electrons. The smallest absolute Gasteiger partial charge is 0.311 e. The highest BCUT2D eigenvalue weighted by atomic mass is 16.6. The van der Waals surface area contributed by atoms with Crippen molar-refractivity contribution in [1.29, 1.82) is 0 Å². The van der Waals surface area contributed by atoms with E-state index < -0.39 is 10.8 Å². The van der Waals surface area contributed by atoms with Crippen LogP contribution in [0.5, 0.6) is 5.75 Å². The van der Waals surface area contributed by atoms with E-state index in [2.05, 4.69) is 5.32 Å². The van der Waals surface area contributed by atoms with E-state index in [0.29, 0.717) is 0 Å². The predicted octanol–water partition coefficient (Wildman–Crippen LogP) is 1.35. The number of benzene rings is 1. The molecular formula is C10H12N2O4. The van der Waals surface area contributed by atoms with Gasteiger partial charge in [0.25, 0.3) is 5.91 Å². The topological polar surface area (TPSA) is 81.5 Å². The number of carbonyl (C=O) groups is 1. The Balaban J connectivity index is 3.32. The fourth-order valence-corrected chi connectivity index (χ4v) is 1.28. The van der Waals surface area contributed by atoms with Gasteiger partial charge in [0.2, 0.25) is 5.75 Å². The Kier molecular flexibility index (Phi) is 3.82. The summed E-state index contributed by atoms with van der Waals surface area (Å²) in [5.41, 5.74) is -0.0403. The van der Waals surface area contributed by atoms with Crippen molar-refractivity contribution in [2.45, 2.75) is 6.92 Å². The van der Waals surface area contributed by atoms with Crippen LogP contribution < -0.4 is 10.1 Å². The fraction of sp³-hybridized carbons (Fsp3) is 0.300. The minimum absolute atomic E-state index is 0.00866. The molecule has 6 heteroatoms. The van der Waals surface area contributed by atoms with Crippen molar-refractivity contribution in [3.05, 3.63) is 33.9 Å². The van der Waals surface area contributed by atoms with Gasteiger partial charge in [0, 0.05) is 13.1 Å². The first-order valence-corrected chi connectivity index (χ1v) is 4.74. The van der Waals surface area contributed by atoms with E-state index in [4.69, 9.17) is 4.74 Å². The second-order valence-electron chi connectivity index (χ2n) is 2.92. The van der Waals surface area contributed by atoms with Crippen molar-refractivity contribution in [3.8, 4) is 5.75 Å². The van der Waals surface area contributed by atoms with E-state index >= 15 is 0 Å². The van der Waals surface area contributed by atoms with Crippen LogP contribution in [0.2, 0.25) is 0 Å². The summed E-state index contributed by atoms with van der Waals surface area (Å²) in [4.78, 5) is 21.7. The number of para-hydroxylation sites is 1. The Morgan fingerprint density at radius 3 is 2.75 bits per heavy atom. The first-order valence-electron chi connectivity index (χ1n) is 4.74. The summed E-state index contributed by atoms with van der Waals surface area (Å²) in [6.45, 7) is 1.96. The Morgan fingerprint density at radius 2 is 2.25 bits per heavy atom. The van der Waals surface area contributed by atoms with Gasteiger partial charge in [-0.3, -0.25) is 14.9 Å². The number of nitrogens with zero attached hydrogens (tertiary/aromatic N) is 1. The number of nitro benzene ring substituents is 1. The van der Waals surface area contributed by atoms with Crippen molar-refractivity contribution in [3.63, 3.8) is 0 Å². The third-order valence-corrected chi connectivity index (χ3v) is 1.95. The van der Waals surface area contributed by atoms with Crippen LogP contribution in [-0.2, 0) is 0 Å². The molecule has 1 N–H and O–H groups in total. The summed E-state index contributed by atoms with van der Waals surface area (Å²) in [7, 11) is 1.46. The lowest BCUT2D eigenvalue weighted by Gasteiger charge is -2.08. The summed E-state index contributed by atoms with van der Waals surface area (Å²) in [6, 6.07) is 4.24. The van der Waals surface area contributed by atoms with E-state index in [9.17, 15) is 14.9 Å². The fourth-order valence-electron chi connectivity index (χ4n) is 1.28. The van der Waals surface area contributed by atoms with E-state index in [1.54, 1.807) is 6.92 Å². The first-order chi connectivity index (χ1) is 7.61. The van der Waals surface area contributed by atoms with Crippen LogP contribution in [0.15, 0.2) is 18.2 Å². The maximum Gasteiger partial charge on any atom is 0.311 e. The summed E-state index contributed by atoms with van der Waals surface area (Å²) in [5, 5.41) is 13.2. The zero-order valence-electron chi connectivity index (χ0n) is 9.02. The Morgan fingerprint density at radius 1 is 1.56 bits per heavy atom. The van der Waals surface area contributed by atoms with Crippen molar-refractivity contribution in [2.24, 2.45) is 0 Å². The molecule has 0 bridgehead atoms. The van der Waals surface area contributed by atoms with Gasteiger partial charge in [-0.1, -0.05) is 6.07 Å². The third-order valence-electron chi connectivity index (χ3n) is 1.95. The van der Waals surface area contributed by atoms with E-state index in [1.807, 2.05) is 0 Å². The highest BCUT2D eigenvalue weighted by Crippen LogP contribution is 2.30. The van der Waals surface area contributed by atoms with Crippen molar-refractivity contribution in [1.82, 2.24) is 5.32 Å². The summed E-state index contributed by atoms with van der Waals surface area (Å²) >= 11 is 0. The molecule has 0 atom stereocenters. The molecule has 0 aliphatic heterocycles. The minimum Gasteiger partial charge on any atom is -0.487 e. The number of nitrogens with one attached hydrogen (secondary N) is 1. The molecule has 0 fully saturated rings. The number of carbonyl (C=O) groups excluding carboxylic acids is 1. The number of hydrogen-bond donors (Lipinski definition) is 1. The number of nitro groups is 1. The lowest BCUT2D eigenvalue weighted by atomic mass is 10.1. The second kappa shape index (κ2) is 5.11. The summed E-state index contributed by atoms with van der Waals surface area (Å²) in [5.74, 6) is -0.401. The number of amides is 1. The molecule has 1 rings (SSSR count). The molecule has 0 saturated heterocycles. The minimum atomic E-state index is -0.572. The van der Waals surface area contributed by atoms with Gasteiger partial charge in [-0.05, 0) is 13.0 Å². The van der Waals surface area contributed by atoms with Gasteiger partial charge in [0.15, 0.2) is 0 Å². The lowest BCUT2D eigenvalue weighted by Crippen LogP contribution is -2.19. The molecule has 0 aromatic heterocycles. The molecule has 1 aromatic rings. The SMILES string of the molecule is CCOc1c(C(=O)NC)cccc1[N+](=O)[O-]. The number of rotatable bonds is 4. The molecule has 0 radical (unpaired) electrons. The zero-order chi connectivity index (χ0) is 12.1. The van der Waals surface area contributed by atoms with E-state index in [0.717, 1.165) is 0 Å². The highest BCUT2D eigenvalue weighted by molar-refractivity contribution is 5.98. The van der Waals surface area contributed by atoms with E-state index in [1.165, 1.54) is 25.2 Å². The maximum absolute atomic E-state index is 11.5. The Hall–Kier alpha value is -2.11.